The first kappa shape index (κ1) is 15.0. The minimum atomic E-state index is -0.295. The minimum absolute atomic E-state index is 0.00367. The zero-order valence-electron chi connectivity index (χ0n) is 12.7. The highest BCUT2D eigenvalue weighted by molar-refractivity contribution is 5.93. The number of amides is 2. The van der Waals surface area contributed by atoms with Crippen LogP contribution in [0.15, 0.2) is 30.3 Å². The van der Waals surface area contributed by atoms with Crippen LogP contribution in [0.1, 0.15) is 25.7 Å². The normalized spacial score (nSPS) is 25.0. The van der Waals surface area contributed by atoms with E-state index in [0.29, 0.717) is 13.2 Å². The van der Waals surface area contributed by atoms with Crippen LogP contribution >= 0.6 is 0 Å². The van der Waals surface area contributed by atoms with Crippen molar-refractivity contribution in [1.29, 1.82) is 0 Å². The Balaban J connectivity index is 1.57. The summed E-state index contributed by atoms with van der Waals surface area (Å²) in [4.78, 5) is 26.6. The van der Waals surface area contributed by atoms with Gasteiger partial charge in [-0.15, -0.1) is 0 Å². The molecule has 22 heavy (non-hydrogen) atoms. The number of hydrogen-bond donors (Lipinski definition) is 1. The number of hydrogen-bond acceptors (Lipinski definition) is 3. The van der Waals surface area contributed by atoms with Gasteiger partial charge in [-0.2, -0.15) is 0 Å². The molecule has 0 saturated carbocycles. The Hall–Kier alpha value is -1.88. The third kappa shape index (κ3) is 3.47. The first-order chi connectivity index (χ1) is 10.7. The third-order valence-corrected chi connectivity index (χ3v) is 4.35. The van der Waals surface area contributed by atoms with E-state index in [1.165, 1.54) is 0 Å². The molecule has 0 aromatic heterocycles. The number of rotatable bonds is 3. The van der Waals surface area contributed by atoms with Crippen molar-refractivity contribution < 1.29 is 14.3 Å². The Morgan fingerprint density at radius 3 is 2.68 bits per heavy atom. The van der Waals surface area contributed by atoms with Crippen molar-refractivity contribution in [2.75, 3.05) is 25.0 Å². The van der Waals surface area contributed by atoms with Crippen molar-refractivity contribution >= 4 is 17.5 Å². The molecule has 0 bridgehead atoms. The summed E-state index contributed by atoms with van der Waals surface area (Å²) < 4.78 is 5.47. The second-order valence-corrected chi connectivity index (χ2v) is 5.98. The molecule has 5 nitrogen and oxygen atoms in total. The van der Waals surface area contributed by atoms with Crippen molar-refractivity contribution in [3.05, 3.63) is 30.3 Å². The lowest BCUT2D eigenvalue weighted by atomic mass is 9.96. The summed E-state index contributed by atoms with van der Waals surface area (Å²) in [6, 6.07) is 9.44. The maximum atomic E-state index is 12.4. The Morgan fingerprint density at radius 2 is 1.95 bits per heavy atom. The maximum Gasteiger partial charge on any atom is 0.251 e. The number of carbonyl (C=O) groups is 2. The van der Waals surface area contributed by atoms with Crippen LogP contribution in [-0.4, -0.2) is 42.5 Å². The standard InChI is InChI=1S/C17H22N2O3/c20-16(18-14-7-2-1-3-8-14)13-6-4-10-19(12-13)17(21)15-9-5-11-22-15/h1-3,7-8,13,15H,4-6,9-12H2,(H,18,20). The summed E-state index contributed by atoms with van der Waals surface area (Å²) >= 11 is 0. The van der Waals surface area contributed by atoms with Crippen molar-refractivity contribution in [3.63, 3.8) is 0 Å². The van der Waals surface area contributed by atoms with E-state index < -0.39 is 0 Å². The first-order valence-electron chi connectivity index (χ1n) is 8.00. The Labute approximate surface area is 130 Å². The first-order valence-corrected chi connectivity index (χ1v) is 8.00. The number of ether oxygens (including phenoxy) is 1. The molecule has 118 valence electrons. The molecule has 2 atom stereocenters. The van der Waals surface area contributed by atoms with E-state index in [0.717, 1.165) is 37.9 Å². The van der Waals surface area contributed by atoms with Crippen LogP contribution in [0, 0.1) is 5.92 Å². The maximum absolute atomic E-state index is 12.4. The lowest BCUT2D eigenvalue weighted by Crippen LogP contribution is -2.47. The molecule has 3 rings (SSSR count). The molecule has 1 aromatic carbocycles. The van der Waals surface area contributed by atoms with Crippen LogP contribution in [0.2, 0.25) is 0 Å². The fourth-order valence-electron chi connectivity index (χ4n) is 3.13. The smallest absolute Gasteiger partial charge is 0.251 e. The topological polar surface area (TPSA) is 58.6 Å². The Bertz CT molecular complexity index is 526. The van der Waals surface area contributed by atoms with Gasteiger partial charge >= 0.3 is 0 Å². The van der Waals surface area contributed by atoms with Crippen molar-refractivity contribution in [2.45, 2.75) is 31.8 Å². The van der Waals surface area contributed by atoms with Gasteiger partial charge in [-0.1, -0.05) is 18.2 Å². The molecule has 2 unspecified atom stereocenters. The predicted octanol–water partition coefficient (Wildman–Crippen LogP) is 2.04. The number of carbonyl (C=O) groups excluding carboxylic acids is 2. The Kier molecular flexibility index (Phi) is 4.73. The summed E-state index contributed by atoms with van der Waals surface area (Å²) in [5.74, 6) is -0.0925. The highest BCUT2D eigenvalue weighted by Gasteiger charge is 2.33. The fourth-order valence-corrected chi connectivity index (χ4v) is 3.13. The van der Waals surface area contributed by atoms with Gasteiger partial charge in [0.1, 0.15) is 6.10 Å². The van der Waals surface area contributed by atoms with E-state index in [1.54, 1.807) is 4.90 Å². The van der Waals surface area contributed by atoms with Crippen LogP contribution < -0.4 is 5.32 Å². The number of nitrogens with zero attached hydrogens (tertiary/aromatic N) is 1. The molecule has 1 aromatic rings. The molecular formula is C17H22N2O3. The summed E-state index contributed by atoms with van der Waals surface area (Å²) in [6.07, 6.45) is 3.15. The van der Waals surface area contributed by atoms with E-state index in [9.17, 15) is 9.59 Å². The molecule has 5 heteroatoms. The summed E-state index contributed by atoms with van der Waals surface area (Å²) in [7, 11) is 0. The molecule has 2 heterocycles. The second kappa shape index (κ2) is 6.92. The molecule has 1 N–H and O–H groups in total. The van der Waals surface area contributed by atoms with E-state index in [-0.39, 0.29) is 23.8 Å². The van der Waals surface area contributed by atoms with E-state index in [1.807, 2.05) is 30.3 Å². The second-order valence-electron chi connectivity index (χ2n) is 5.98. The van der Waals surface area contributed by atoms with Gasteiger partial charge in [0.25, 0.3) is 5.91 Å². The van der Waals surface area contributed by atoms with E-state index >= 15 is 0 Å². The van der Waals surface area contributed by atoms with Crippen molar-refractivity contribution in [1.82, 2.24) is 4.90 Å². The number of piperidine rings is 1. The number of likely N-dealkylation sites (tertiary alicyclic amines) is 1. The predicted molar refractivity (Wildman–Crippen MR) is 83.3 cm³/mol. The van der Waals surface area contributed by atoms with Gasteiger partial charge < -0.3 is 15.0 Å². The summed E-state index contributed by atoms with van der Waals surface area (Å²) in [5.41, 5.74) is 0.801. The van der Waals surface area contributed by atoms with Crippen LogP contribution in [0.25, 0.3) is 0 Å². The molecule has 2 aliphatic heterocycles. The van der Waals surface area contributed by atoms with Crippen LogP contribution in [0.5, 0.6) is 0 Å². The molecule has 0 aliphatic carbocycles. The van der Waals surface area contributed by atoms with Crippen LogP contribution in [-0.2, 0) is 14.3 Å². The molecule has 0 spiro atoms. The van der Waals surface area contributed by atoms with Gasteiger partial charge in [0.05, 0.1) is 5.92 Å². The van der Waals surface area contributed by atoms with Gasteiger partial charge in [-0.05, 0) is 37.8 Å². The molecule has 2 amide bonds. The average Bonchev–Trinajstić information content (AvgIpc) is 3.09. The Morgan fingerprint density at radius 1 is 1.14 bits per heavy atom. The zero-order valence-corrected chi connectivity index (χ0v) is 12.7. The van der Waals surface area contributed by atoms with Gasteiger partial charge in [0.15, 0.2) is 0 Å². The minimum Gasteiger partial charge on any atom is -0.368 e. The van der Waals surface area contributed by atoms with Gasteiger partial charge in [0, 0.05) is 25.4 Å². The number of para-hydroxylation sites is 1. The lowest BCUT2D eigenvalue weighted by molar-refractivity contribution is -0.143. The molecule has 2 fully saturated rings. The van der Waals surface area contributed by atoms with E-state index in [4.69, 9.17) is 4.74 Å². The van der Waals surface area contributed by atoms with Crippen molar-refractivity contribution in [2.24, 2.45) is 5.92 Å². The van der Waals surface area contributed by atoms with Gasteiger partial charge in [0.2, 0.25) is 5.91 Å². The van der Waals surface area contributed by atoms with Gasteiger partial charge in [-0.25, -0.2) is 0 Å². The molecule has 2 aliphatic rings. The molecule has 0 radical (unpaired) electrons. The highest BCUT2D eigenvalue weighted by Crippen LogP contribution is 2.22. The highest BCUT2D eigenvalue weighted by atomic mass is 16.5. The van der Waals surface area contributed by atoms with Crippen LogP contribution in [0.4, 0.5) is 5.69 Å². The molecular weight excluding hydrogens is 280 g/mol. The average molecular weight is 302 g/mol. The lowest BCUT2D eigenvalue weighted by Gasteiger charge is -2.33. The largest absolute Gasteiger partial charge is 0.368 e. The number of benzene rings is 1. The van der Waals surface area contributed by atoms with Crippen molar-refractivity contribution in [3.8, 4) is 0 Å². The number of nitrogens with one attached hydrogen (secondary N) is 1. The third-order valence-electron chi connectivity index (χ3n) is 4.35. The van der Waals surface area contributed by atoms with E-state index in [2.05, 4.69) is 5.32 Å². The summed E-state index contributed by atoms with van der Waals surface area (Å²) in [5, 5.41) is 2.93. The SMILES string of the molecule is O=C(Nc1ccccc1)C1CCCN(C(=O)C2CCCO2)C1. The quantitative estimate of drug-likeness (QED) is 0.929. The fraction of sp³-hybridized carbons (Fsp3) is 0.529. The summed E-state index contributed by atoms with van der Waals surface area (Å²) in [6.45, 7) is 1.90. The van der Waals surface area contributed by atoms with Gasteiger partial charge in [-0.3, -0.25) is 9.59 Å². The molecule has 2 saturated heterocycles. The monoisotopic (exact) mass is 302 g/mol. The van der Waals surface area contributed by atoms with Crippen LogP contribution in [0.3, 0.4) is 0 Å². The number of anilines is 1. The zero-order chi connectivity index (χ0) is 15.4.